The molecule has 150 valence electrons. The van der Waals surface area contributed by atoms with Crippen LogP contribution in [-0.2, 0) is 4.79 Å². The van der Waals surface area contributed by atoms with Gasteiger partial charge in [-0.05, 0) is 50.3 Å². The fraction of sp³-hybridized carbons (Fsp3) is 0.591. The SMILES string of the molecule is CC1CCN([C@H](C(=O)Nc2nnc(C3CCCCC3)s2)c2ccccc2)CC1. The van der Waals surface area contributed by atoms with Crippen LogP contribution in [-0.4, -0.2) is 34.1 Å². The molecule has 0 spiro atoms. The maximum Gasteiger partial charge on any atom is 0.248 e. The Hall–Kier alpha value is -1.79. The lowest BCUT2D eigenvalue weighted by atomic mass is 9.90. The minimum absolute atomic E-state index is 0.00657. The number of aromatic nitrogens is 2. The molecule has 1 saturated carbocycles. The van der Waals surface area contributed by atoms with E-state index in [0.29, 0.717) is 11.0 Å². The number of carbonyl (C=O) groups is 1. The number of anilines is 1. The normalized spacial score (nSPS) is 20.8. The summed E-state index contributed by atoms with van der Waals surface area (Å²) < 4.78 is 0. The Bertz CT molecular complexity index is 764. The third kappa shape index (κ3) is 4.61. The summed E-state index contributed by atoms with van der Waals surface area (Å²) in [5.74, 6) is 1.26. The van der Waals surface area contributed by atoms with Crippen molar-refractivity contribution in [2.45, 2.75) is 63.8 Å². The highest BCUT2D eigenvalue weighted by atomic mass is 32.1. The molecule has 2 aliphatic rings. The summed E-state index contributed by atoms with van der Waals surface area (Å²) in [6, 6.07) is 9.85. The van der Waals surface area contributed by atoms with Gasteiger partial charge in [0.2, 0.25) is 11.0 Å². The highest BCUT2D eigenvalue weighted by Gasteiger charge is 2.31. The van der Waals surface area contributed by atoms with Crippen molar-refractivity contribution in [1.29, 1.82) is 0 Å². The quantitative estimate of drug-likeness (QED) is 0.770. The second-order valence-electron chi connectivity index (χ2n) is 8.30. The van der Waals surface area contributed by atoms with Gasteiger partial charge in [-0.15, -0.1) is 10.2 Å². The van der Waals surface area contributed by atoms with E-state index in [2.05, 4.69) is 39.5 Å². The average Bonchev–Trinajstić information content (AvgIpc) is 3.20. The topological polar surface area (TPSA) is 58.1 Å². The zero-order valence-electron chi connectivity index (χ0n) is 16.6. The second-order valence-corrected chi connectivity index (χ2v) is 9.31. The summed E-state index contributed by atoms with van der Waals surface area (Å²) in [5, 5.41) is 13.5. The molecule has 6 heteroatoms. The van der Waals surface area contributed by atoms with E-state index in [0.717, 1.165) is 42.4 Å². The van der Waals surface area contributed by atoms with Gasteiger partial charge in [-0.2, -0.15) is 0 Å². The number of hydrogen-bond donors (Lipinski definition) is 1. The number of carbonyl (C=O) groups excluding carboxylic acids is 1. The first-order valence-electron chi connectivity index (χ1n) is 10.6. The van der Waals surface area contributed by atoms with Gasteiger partial charge in [-0.3, -0.25) is 15.0 Å². The predicted molar refractivity (Wildman–Crippen MR) is 114 cm³/mol. The molecule has 0 unspecified atom stereocenters. The van der Waals surface area contributed by atoms with Gasteiger partial charge in [0.1, 0.15) is 11.0 Å². The number of benzene rings is 1. The summed E-state index contributed by atoms with van der Waals surface area (Å²) in [7, 11) is 0. The molecule has 2 aromatic rings. The van der Waals surface area contributed by atoms with Crippen molar-refractivity contribution in [3.63, 3.8) is 0 Å². The van der Waals surface area contributed by atoms with Gasteiger partial charge in [0.25, 0.3) is 0 Å². The molecule has 1 aliphatic heterocycles. The van der Waals surface area contributed by atoms with Crippen molar-refractivity contribution in [2.24, 2.45) is 5.92 Å². The molecule has 2 fully saturated rings. The molecule has 1 atom stereocenters. The van der Waals surface area contributed by atoms with Gasteiger partial charge in [-0.1, -0.05) is 67.9 Å². The molecule has 1 saturated heterocycles. The van der Waals surface area contributed by atoms with Gasteiger partial charge >= 0.3 is 0 Å². The molecular weight excluding hydrogens is 368 g/mol. The Balaban J connectivity index is 1.48. The van der Waals surface area contributed by atoms with E-state index in [1.54, 1.807) is 11.3 Å². The fourth-order valence-electron chi connectivity index (χ4n) is 4.42. The third-order valence-corrected chi connectivity index (χ3v) is 7.17. The van der Waals surface area contributed by atoms with Crippen molar-refractivity contribution in [2.75, 3.05) is 18.4 Å². The lowest BCUT2D eigenvalue weighted by molar-refractivity contribution is -0.122. The third-order valence-electron chi connectivity index (χ3n) is 6.17. The Labute approximate surface area is 171 Å². The first kappa shape index (κ1) is 19.5. The molecule has 0 radical (unpaired) electrons. The van der Waals surface area contributed by atoms with Crippen LogP contribution in [0.15, 0.2) is 30.3 Å². The maximum atomic E-state index is 13.3. The standard InChI is InChI=1S/C22H30N4OS/c1-16-12-14-26(15-13-16)19(17-8-4-2-5-9-17)20(27)23-22-25-24-21(28-22)18-10-6-3-7-11-18/h2,4-5,8-9,16,18-19H,3,6-7,10-15H2,1H3,(H,23,25,27)/t19-/m0/s1. The van der Waals surface area contributed by atoms with E-state index in [1.165, 1.54) is 32.1 Å². The summed E-state index contributed by atoms with van der Waals surface area (Å²) in [6.07, 6.45) is 8.54. The smallest absolute Gasteiger partial charge is 0.248 e. The highest BCUT2D eigenvalue weighted by molar-refractivity contribution is 7.15. The molecule has 1 aliphatic carbocycles. The highest BCUT2D eigenvalue weighted by Crippen LogP contribution is 2.35. The Morgan fingerprint density at radius 3 is 2.50 bits per heavy atom. The first-order chi connectivity index (χ1) is 13.7. The lowest BCUT2D eigenvalue weighted by Crippen LogP contribution is -2.41. The molecule has 28 heavy (non-hydrogen) atoms. The summed E-state index contributed by atoms with van der Waals surface area (Å²) in [4.78, 5) is 15.6. The molecule has 1 amide bonds. The Morgan fingerprint density at radius 1 is 1.07 bits per heavy atom. The second kappa shape index (κ2) is 9.14. The summed E-state index contributed by atoms with van der Waals surface area (Å²) in [5.41, 5.74) is 1.05. The van der Waals surface area contributed by atoms with Crippen LogP contribution < -0.4 is 5.32 Å². The lowest BCUT2D eigenvalue weighted by Gasteiger charge is -2.35. The van der Waals surface area contributed by atoms with E-state index in [4.69, 9.17) is 0 Å². The van der Waals surface area contributed by atoms with Crippen molar-refractivity contribution in [3.8, 4) is 0 Å². The first-order valence-corrected chi connectivity index (χ1v) is 11.5. The number of rotatable bonds is 5. The molecule has 0 bridgehead atoms. The largest absolute Gasteiger partial charge is 0.299 e. The number of nitrogens with one attached hydrogen (secondary N) is 1. The van der Waals surface area contributed by atoms with E-state index in [9.17, 15) is 4.79 Å². The maximum absolute atomic E-state index is 13.3. The minimum Gasteiger partial charge on any atom is -0.299 e. The van der Waals surface area contributed by atoms with Crippen LogP contribution in [0.1, 0.15) is 74.4 Å². The van der Waals surface area contributed by atoms with Gasteiger partial charge in [-0.25, -0.2) is 0 Å². The zero-order valence-corrected chi connectivity index (χ0v) is 17.5. The number of hydrogen-bond acceptors (Lipinski definition) is 5. The molecular formula is C22H30N4OS. The molecule has 1 aromatic heterocycles. The van der Waals surface area contributed by atoms with E-state index >= 15 is 0 Å². The van der Waals surface area contributed by atoms with Crippen molar-refractivity contribution >= 4 is 22.4 Å². The van der Waals surface area contributed by atoms with E-state index in [1.807, 2.05) is 18.2 Å². The number of amides is 1. The fourth-order valence-corrected chi connectivity index (χ4v) is 5.34. The van der Waals surface area contributed by atoms with Crippen LogP contribution in [0.2, 0.25) is 0 Å². The van der Waals surface area contributed by atoms with Gasteiger partial charge in [0, 0.05) is 5.92 Å². The van der Waals surface area contributed by atoms with Gasteiger partial charge in [0.15, 0.2) is 0 Å². The van der Waals surface area contributed by atoms with Crippen LogP contribution in [0.25, 0.3) is 0 Å². The van der Waals surface area contributed by atoms with E-state index in [-0.39, 0.29) is 11.9 Å². The molecule has 2 heterocycles. The number of piperidine rings is 1. The number of likely N-dealkylation sites (tertiary alicyclic amines) is 1. The predicted octanol–water partition coefficient (Wildman–Crippen LogP) is 5.00. The van der Waals surface area contributed by atoms with Crippen LogP contribution in [0.3, 0.4) is 0 Å². The van der Waals surface area contributed by atoms with Gasteiger partial charge in [0.05, 0.1) is 0 Å². The van der Waals surface area contributed by atoms with Crippen LogP contribution in [0, 0.1) is 5.92 Å². The Morgan fingerprint density at radius 2 is 1.79 bits per heavy atom. The molecule has 1 N–H and O–H groups in total. The van der Waals surface area contributed by atoms with Crippen LogP contribution >= 0.6 is 11.3 Å². The zero-order chi connectivity index (χ0) is 19.3. The van der Waals surface area contributed by atoms with Crippen molar-refractivity contribution in [1.82, 2.24) is 15.1 Å². The van der Waals surface area contributed by atoms with Crippen LogP contribution in [0.5, 0.6) is 0 Å². The monoisotopic (exact) mass is 398 g/mol. The molecule has 1 aromatic carbocycles. The summed E-state index contributed by atoms with van der Waals surface area (Å²) in [6.45, 7) is 4.21. The van der Waals surface area contributed by atoms with Crippen molar-refractivity contribution in [3.05, 3.63) is 40.9 Å². The summed E-state index contributed by atoms with van der Waals surface area (Å²) >= 11 is 1.55. The number of nitrogens with zero attached hydrogens (tertiary/aromatic N) is 3. The minimum atomic E-state index is -0.268. The molecule has 5 nitrogen and oxygen atoms in total. The van der Waals surface area contributed by atoms with Crippen LogP contribution in [0.4, 0.5) is 5.13 Å². The average molecular weight is 399 g/mol. The molecule has 4 rings (SSSR count). The van der Waals surface area contributed by atoms with Crippen molar-refractivity contribution < 1.29 is 4.79 Å². The Kier molecular flexibility index (Phi) is 6.37. The van der Waals surface area contributed by atoms with Gasteiger partial charge < -0.3 is 0 Å². The van der Waals surface area contributed by atoms with E-state index < -0.39 is 0 Å².